The summed E-state index contributed by atoms with van der Waals surface area (Å²) in [5.41, 5.74) is 6.34. The quantitative estimate of drug-likeness (QED) is 0.268. The van der Waals surface area contributed by atoms with Crippen molar-refractivity contribution in [2.75, 3.05) is 14.2 Å². The van der Waals surface area contributed by atoms with E-state index in [1.165, 1.54) is 20.4 Å². The molecule has 0 aliphatic rings. The van der Waals surface area contributed by atoms with Crippen LogP contribution in [0, 0.1) is 62.0 Å². The van der Waals surface area contributed by atoms with Crippen molar-refractivity contribution >= 4 is 11.8 Å². The van der Waals surface area contributed by atoms with E-state index in [2.05, 4.69) is 32.7 Å². The Labute approximate surface area is 265 Å². The lowest BCUT2D eigenvalue weighted by Crippen LogP contribution is -2.25. The first-order valence-electron chi connectivity index (χ1n) is 13.9. The summed E-state index contributed by atoms with van der Waals surface area (Å²) in [5.74, 6) is -2.04. The molecule has 0 aliphatic carbocycles. The van der Waals surface area contributed by atoms with Gasteiger partial charge in [-0.2, -0.15) is 10.5 Å². The number of benzene rings is 2. The van der Waals surface area contributed by atoms with E-state index >= 15 is 0 Å². The molecule has 0 aliphatic heterocycles. The van der Waals surface area contributed by atoms with Crippen LogP contribution in [0.1, 0.15) is 65.5 Å². The van der Waals surface area contributed by atoms with E-state index in [4.69, 9.17) is 20.0 Å². The molecule has 4 aromatic rings. The first-order chi connectivity index (χ1) is 21.9. The van der Waals surface area contributed by atoms with Gasteiger partial charge in [-0.3, -0.25) is 9.59 Å². The number of nitrogens with zero attached hydrogens (tertiary/aromatic N) is 4. The summed E-state index contributed by atoms with van der Waals surface area (Å²) in [6.45, 7) is 8.00. The monoisotopic (exact) mass is 626 g/mol. The van der Waals surface area contributed by atoms with Crippen LogP contribution in [0.15, 0.2) is 48.8 Å². The van der Waals surface area contributed by atoms with Crippen molar-refractivity contribution in [2.45, 2.75) is 40.8 Å². The normalized spacial score (nSPS) is 10.0. The largest absolute Gasteiger partial charge is 0.495 e. The molecule has 10 nitrogen and oxygen atoms in total. The summed E-state index contributed by atoms with van der Waals surface area (Å²) in [5, 5.41) is 23.3. The maximum atomic E-state index is 13.8. The summed E-state index contributed by atoms with van der Waals surface area (Å²) in [6, 6.07) is 13.4. The lowest BCUT2D eigenvalue weighted by atomic mass is 9.99. The standard InChI is InChI=1S/2C17H16FN3O2/c1-10-4-12(7-19)5-11(2)14(10)9-21-17(22)16-15(18)6-13(23-3)8-20-16;1-10-4-12(7-19)5-11(2)14(10)9-21-17(22)16-15(23-3)6-13(18)8-20-16/h2*4-6,8H,9H2,1-3H3,(H,21,22). The number of rotatable bonds is 8. The van der Waals surface area contributed by atoms with Crippen molar-refractivity contribution in [3.63, 3.8) is 0 Å². The third-order valence-corrected chi connectivity index (χ3v) is 7.02. The minimum absolute atomic E-state index is 0.0258. The molecule has 0 saturated carbocycles. The summed E-state index contributed by atoms with van der Waals surface area (Å²) < 4.78 is 36.8. The van der Waals surface area contributed by atoms with Crippen LogP contribution < -0.4 is 20.1 Å². The molecule has 4 rings (SSSR count). The van der Waals surface area contributed by atoms with Gasteiger partial charge in [-0.15, -0.1) is 0 Å². The highest BCUT2D eigenvalue weighted by Crippen LogP contribution is 2.20. The van der Waals surface area contributed by atoms with E-state index in [0.29, 0.717) is 11.1 Å². The van der Waals surface area contributed by atoms with Gasteiger partial charge in [0.1, 0.15) is 11.6 Å². The molecule has 0 unspecified atom stereocenters. The van der Waals surface area contributed by atoms with Gasteiger partial charge in [0.05, 0.1) is 49.9 Å². The van der Waals surface area contributed by atoms with Crippen LogP contribution in [0.4, 0.5) is 8.78 Å². The second-order valence-corrected chi connectivity index (χ2v) is 10.2. The molecular weight excluding hydrogens is 594 g/mol. The van der Waals surface area contributed by atoms with Crippen molar-refractivity contribution in [3.05, 3.63) is 116 Å². The zero-order valence-electron chi connectivity index (χ0n) is 26.2. The van der Waals surface area contributed by atoms with Crippen LogP contribution >= 0.6 is 0 Å². The van der Waals surface area contributed by atoms with Gasteiger partial charge in [0.15, 0.2) is 23.0 Å². The minimum Gasteiger partial charge on any atom is -0.495 e. The Bertz CT molecular complexity index is 1820. The fraction of sp³-hybridized carbons (Fsp3) is 0.235. The van der Waals surface area contributed by atoms with Crippen LogP contribution in [0.25, 0.3) is 0 Å². The highest BCUT2D eigenvalue weighted by molar-refractivity contribution is 5.95. The molecule has 2 amide bonds. The van der Waals surface area contributed by atoms with Gasteiger partial charge >= 0.3 is 0 Å². The van der Waals surface area contributed by atoms with Gasteiger partial charge in [0.2, 0.25) is 0 Å². The van der Waals surface area contributed by atoms with Gasteiger partial charge in [-0.1, -0.05) is 0 Å². The molecule has 0 fully saturated rings. The number of ether oxygens (including phenoxy) is 2. The first-order valence-corrected chi connectivity index (χ1v) is 13.9. The Morgan fingerprint density at radius 2 is 1.17 bits per heavy atom. The molecule has 236 valence electrons. The summed E-state index contributed by atoms with van der Waals surface area (Å²) in [4.78, 5) is 31.9. The number of hydrogen-bond acceptors (Lipinski definition) is 8. The van der Waals surface area contributed by atoms with Gasteiger partial charge in [-0.05, 0) is 85.3 Å². The molecule has 2 aromatic carbocycles. The van der Waals surface area contributed by atoms with Crippen LogP contribution in [0.2, 0.25) is 0 Å². The number of nitriles is 2. The van der Waals surface area contributed by atoms with E-state index in [1.807, 2.05) is 27.7 Å². The molecule has 2 heterocycles. The van der Waals surface area contributed by atoms with E-state index in [-0.39, 0.29) is 36.0 Å². The van der Waals surface area contributed by atoms with Gasteiger partial charge in [-0.25, -0.2) is 18.7 Å². The molecule has 46 heavy (non-hydrogen) atoms. The minimum atomic E-state index is -0.741. The number of hydrogen-bond donors (Lipinski definition) is 2. The number of aryl methyl sites for hydroxylation is 4. The SMILES string of the molecule is COc1cc(F)cnc1C(=O)NCc1c(C)cc(C#N)cc1C.COc1cnc(C(=O)NCc2c(C)cc(C#N)cc2C)c(F)c1. The fourth-order valence-electron chi connectivity index (χ4n) is 4.62. The Morgan fingerprint density at radius 3 is 1.59 bits per heavy atom. The zero-order chi connectivity index (χ0) is 34.0. The van der Waals surface area contributed by atoms with E-state index in [0.717, 1.165) is 51.7 Å². The maximum Gasteiger partial charge on any atom is 0.274 e. The second kappa shape index (κ2) is 15.7. The molecular formula is C34H32F2N6O4. The number of halogens is 2. The molecule has 0 saturated heterocycles. The average Bonchev–Trinajstić information content (AvgIpc) is 3.03. The van der Waals surface area contributed by atoms with Gasteiger partial charge in [0.25, 0.3) is 11.8 Å². The van der Waals surface area contributed by atoms with Gasteiger partial charge in [0, 0.05) is 25.2 Å². The molecule has 2 N–H and O–H groups in total. The summed E-state index contributed by atoms with van der Waals surface area (Å²) in [6.07, 6.45) is 2.26. The van der Waals surface area contributed by atoms with Crippen LogP contribution in [0.5, 0.6) is 11.5 Å². The summed E-state index contributed by atoms with van der Waals surface area (Å²) >= 11 is 0. The average molecular weight is 627 g/mol. The number of carbonyl (C=O) groups is 2. The molecule has 0 atom stereocenters. The van der Waals surface area contributed by atoms with Crippen molar-refractivity contribution in [2.24, 2.45) is 0 Å². The lowest BCUT2D eigenvalue weighted by molar-refractivity contribution is 0.0933. The summed E-state index contributed by atoms with van der Waals surface area (Å²) in [7, 11) is 2.74. The number of aromatic nitrogens is 2. The molecule has 0 spiro atoms. The van der Waals surface area contributed by atoms with E-state index < -0.39 is 23.4 Å². The highest BCUT2D eigenvalue weighted by Gasteiger charge is 2.17. The topological polar surface area (TPSA) is 150 Å². The molecule has 0 radical (unpaired) electrons. The van der Waals surface area contributed by atoms with Crippen LogP contribution in [-0.4, -0.2) is 36.0 Å². The Balaban J connectivity index is 0.000000250. The van der Waals surface area contributed by atoms with Crippen LogP contribution in [0.3, 0.4) is 0 Å². The number of pyridine rings is 2. The first kappa shape index (κ1) is 34.6. The maximum absolute atomic E-state index is 13.8. The van der Waals surface area contributed by atoms with Crippen molar-refractivity contribution in [1.29, 1.82) is 10.5 Å². The smallest absolute Gasteiger partial charge is 0.274 e. The number of methoxy groups -OCH3 is 2. The third-order valence-electron chi connectivity index (χ3n) is 7.02. The van der Waals surface area contributed by atoms with Gasteiger partial charge < -0.3 is 20.1 Å². The molecule has 2 aromatic heterocycles. The Hall–Kier alpha value is -5.88. The molecule has 0 bridgehead atoms. The highest BCUT2D eigenvalue weighted by atomic mass is 19.1. The number of carbonyl (C=O) groups excluding carboxylic acids is 2. The number of nitrogens with one attached hydrogen (secondary N) is 2. The predicted molar refractivity (Wildman–Crippen MR) is 165 cm³/mol. The second-order valence-electron chi connectivity index (χ2n) is 10.2. The van der Waals surface area contributed by atoms with Crippen molar-refractivity contribution < 1.29 is 27.8 Å². The van der Waals surface area contributed by atoms with E-state index in [9.17, 15) is 18.4 Å². The Morgan fingerprint density at radius 1 is 0.717 bits per heavy atom. The van der Waals surface area contributed by atoms with Crippen molar-refractivity contribution in [1.82, 2.24) is 20.6 Å². The fourth-order valence-corrected chi connectivity index (χ4v) is 4.62. The lowest BCUT2D eigenvalue weighted by Gasteiger charge is -2.12. The van der Waals surface area contributed by atoms with Crippen molar-refractivity contribution in [3.8, 4) is 23.6 Å². The van der Waals surface area contributed by atoms with E-state index in [1.54, 1.807) is 24.3 Å². The zero-order valence-corrected chi connectivity index (χ0v) is 26.2. The third kappa shape index (κ3) is 8.61. The number of amides is 2. The van der Waals surface area contributed by atoms with Crippen LogP contribution in [-0.2, 0) is 13.1 Å². The molecule has 12 heteroatoms. The Kier molecular flexibility index (Phi) is 11.8. The predicted octanol–water partition coefficient (Wildman–Crippen LogP) is 5.30.